The van der Waals surface area contributed by atoms with Gasteiger partial charge in [0.05, 0.1) is 5.69 Å². The van der Waals surface area contributed by atoms with Crippen LogP contribution in [0, 0.1) is 6.92 Å². The summed E-state index contributed by atoms with van der Waals surface area (Å²) in [6, 6.07) is 11.0. The zero-order valence-corrected chi connectivity index (χ0v) is 15.4. The van der Waals surface area contributed by atoms with Crippen LogP contribution < -0.4 is 10.2 Å². The van der Waals surface area contributed by atoms with Crippen molar-refractivity contribution >= 4 is 43.2 Å². The molecule has 0 aliphatic carbocycles. The smallest absolute Gasteiger partial charge is 0.0631 e. The number of fused-ring (bicyclic) bond motifs is 1. The summed E-state index contributed by atoms with van der Waals surface area (Å²) in [5.74, 6) is 0. The molecule has 0 amide bonds. The van der Waals surface area contributed by atoms with Crippen LogP contribution in [0.3, 0.4) is 0 Å². The number of nitrogens with one attached hydrogen (secondary N) is 1. The van der Waals surface area contributed by atoms with E-state index in [4.69, 9.17) is 0 Å². The number of hydrogen-bond donors (Lipinski definition) is 1. The third-order valence-corrected chi connectivity index (χ3v) is 5.18. The highest BCUT2D eigenvalue weighted by atomic mass is 79.9. The van der Waals surface area contributed by atoms with Gasteiger partial charge >= 0.3 is 0 Å². The van der Waals surface area contributed by atoms with Gasteiger partial charge in [-0.3, -0.25) is 0 Å². The van der Waals surface area contributed by atoms with Crippen LogP contribution in [-0.2, 0) is 13.0 Å². The zero-order chi connectivity index (χ0) is 15.0. The summed E-state index contributed by atoms with van der Waals surface area (Å²) in [6.45, 7) is 4.05. The Kier molecular flexibility index (Phi) is 4.27. The monoisotopic (exact) mass is 408 g/mol. The molecule has 3 rings (SSSR count). The number of benzene rings is 2. The van der Waals surface area contributed by atoms with Gasteiger partial charge in [-0.2, -0.15) is 0 Å². The first-order valence-corrected chi connectivity index (χ1v) is 8.65. The van der Waals surface area contributed by atoms with Crippen molar-refractivity contribution in [3.05, 3.63) is 56.0 Å². The van der Waals surface area contributed by atoms with Crippen molar-refractivity contribution in [3.63, 3.8) is 0 Å². The van der Waals surface area contributed by atoms with E-state index in [2.05, 4.69) is 86.4 Å². The van der Waals surface area contributed by atoms with Gasteiger partial charge in [0.25, 0.3) is 0 Å². The standard InChI is InChI=1S/C17H18Br2N2/c1-11-7-14(18)17(15(19)8-11)20-10-12-3-4-16-13(9-12)5-6-21(16)2/h3-4,7-9,20H,5-6,10H2,1-2H3. The van der Waals surface area contributed by atoms with E-state index >= 15 is 0 Å². The summed E-state index contributed by atoms with van der Waals surface area (Å²) < 4.78 is 2.19. The average molecular weight is 410 g/mol. The fraction of sp³-hybridized carbons (Fsp3) is 0.294. The van der Waals surface area contributed by atoms with Gasteiger partial charge in [0.1, 0.15) is 0 Å². The Bertz CT molecular complexity index is 659. The molecule has 110 valence electrons. The van der Waals surface area contributed by atoms with E-state index in [1.807, 2.05) is 0 Å². The van der Waals surface area contributed by atoms with E-state index < -0.39 is 0 Å². The second-order valence-electron chi connectivity index (χ2n) is 5.59. The Hall–Kier alpha value is -1.00. The second-order valence-corrected chi connectivity index (χ2v) is 7.30. The Labute approximate surface area is 142 Å². The van der Waals surface area contributed by atoms with Gasteiger partial charge in [-0.15, -0.1) is 0 Å². The molecular weight excluding hydrogens is 392 g/mol. The van der Waals surface area contributed by atoms with Gasteiger partial charge < -0.3 is 10.2 Å². The summed E-state index contributed by atoms with van der Waals surface area (Å²) in [7, 11) is 2.16. The van der Waals surface area contributed by atoms with E-state index in [9.17, 15) is 0 Å². The molecule has 0 unspecified atom stereocenters. The minimum Gasteiger partial charge on any atom is -0.379 e. The Balaban J connectivity index is 1.77. The fourth-order valence-electron chi connectivity index (χ4n) is 2.79. The van der Waals surface area contributed by atoms with E-state index in [1.165, 1.54) is 22.4 Å². The van der Waals surface area contributed by atoms with Crippen molar-refractivity contribution in [2.24, 2.45) is 0 Å². The van der Waals surface area contributed by atoms with E-state index in [0.29, 0.717) is 0 Å². The van der Waals surface area contributed by atoms with Crippen molar-refractivity contribution in [3.8, 4) is 0 Å². The molecular formula is C17H18Br2N2. The molecule has 1 aliphatic heterocycles. The lowest BCUT2D eigenvalue weighted by Gasteiger charge is -2.14. The van der Waals surface area contributed by atoms with Crippen LogP contribution in [-0.4, -0.2) is 13.6 Å². The molecule has 1 N–H and O–H groups in total. The number of aryl methyl sites for hydroxylation is 1. The first-order chi connectivity index (χ1) is 10.0. The molecule has 0 saturated carbocycles. The quantitative estimate of drug-likeness (QED) is 0.756. The summed E-state index contributed by atoms with van der Waals surface area (Å²) in [4.78, 5) is 2.32. The summed E-state index contributed by atoms with van der Waals surface area (Å²) in [6.07, 6.45) is 1.15. The van der Waals surface area contributed by atoms with Gasteiger partial charge in [0, 0.05) is 34.8 Å². The lowest BCUT2D eigenvalue weighted by Crippen LogP contribution is -2.12. The molecule has 2 aromatic carbocycles. The second kappa shape index (κ2) is 6.01. The van der Waals surface area contributed by atoms with Gasteiger partial charge in [0.15, 0.2) is 0 Å². The molecule has 4 heteroatoms. The van der Waals surface area contributed by atoms with Crippen LogP contribution in [0.15, 0.2) is 39.3 Å². The maximum atomic E-state index is 3.63. The molecule has 0 radical (unpaired) electrons. The molecule has 21 heavy (non-hydrogen) atoms. The van der Waals surface area contributed by atoms with Crippen molar-refractivity contribution in [2.75, 3.05) is 23.8 Å². The normalized spacial score (nSPS) is 13.4. The lowest BCUT2D eigenvalue weighted by molar-refractivity contribution is 0.955. The van der Waals surface area contributed by atoms with Crippen molar-refractivity contribution in [1.82, 2.24) is 0 Å². The van der Waals surface area contributed by atoms with Gasteiger partial charge in [-0.1, -0.05) is 12.1 Å². The van der Waals surface area contributed by atoms with Crippen LogP contribution in [0.4, 0.5) is 11.4 Å². The largest absolute Gasteiger partial charge is 0.379 e. The van der Waals surface area contributed by atoms with Gasteiger partial charge in [-0.05, 0) is 80.1 Å². The number of rotatable bonds is 3. The first-order valence-electron chi connectivity index (χ1n) is 7.07. The highest BCUT2D eigenvalue weighted by Crippen LogP contribution is 2.33. The predicted molar refractivity (Wildman–Crippen MR) is 97.3 cm³/mol. The zero-order valence-electron chi connectivity index (χ0n) is 12.2. The average Bonchev–Trinajstić information content (AvgIpc) is 2.79. The topological polar surface area (TPSA) is 15.3 Å². The number of nitrogens with zero attached hydrogens (tertiary/aromatic N) is 1. The molecule has 2 aromatic rings. The SMILES string of the molecule is Cc1cc(Br)c(NCc2ccc3c(c2)CCN3C)c(Br)c1. The molecule has 0 spiro atoms. The fourth-order valence-corrected chi connectivity index (χ4v) is 4.48. The van der Waals surface area contributed by atoms with Crippen LogP contribution in [0.25, 0.3) is 0 Å². The summed E-state index contributed by atoms with van der Waals surface area (Å²) in [5.41, 5.74) is 6.50. The van der Waals surface area contributed by atoms with Gasteiger partial charge in [-0.25, -0.2) is 0 Å². The Morgan fingerprint density at radius 1 is 1.14 bits per heavy atom. The summed E-state index contributed by atoms with van der Waals surface area (Å²) >= 11 is 7.26. The number of hydrogen-bond acceptors (Lipinski definition) is 2. The van der Waals surface area contributed by atoms with Crippen LogP contribution in [0.2, 0.25) is 0 Å². The third-order valence-electron chi connectivity index (χ3n) is 3.93. The van der Waals surface area contributed by atoms with Crippen LogP contribution in [0.5, 0.6) is 0 Å². The maximum absolute atomic E-state index is 3.63. The Morgan fingerprint density at radius 2 is 1.86 bits per heavy atom. The molecule has 0 atom stereocenters. The van der Waals surface area contributed by atoms with E-state index in [-0.39, 0.29) is 0 Å². The van der Waals surface area contributed by atoms with Crippen molar-refractivity contribution in [2.45, 2.75) is 19.9 Å². The van der Waals surface area contributed by atoms with Crippen LogP contribution in [0.1, 0.15) is 16.7 Å². The predicted octanol–water partition coefficient (Wildman–Crippen LogP) is 5.12. The molecule has 0 aromatic heterocycles. The van der Waals surface area contributed by atoms with Crippen molar-refractivity contribution < 1.29 is 0 Å². The molecule has 1 aliphatic rings. The van der Waals surface area contributed by atoms with Crippen LogP contribution >= 0.6 is 31.9 Å². The molecule has 2 nitrogen and oxygen atoms in total. The maximum Gasteiger partial charge on any atom is 0.0631 e. The lowest BCUT2D eigenvalue weighted by atomic mass is 10.1. The highest BCUT2D eigenvalue weighted by Gasteiger charge is 2.15. The molecule has 0 bridgehead atoms. The van der Waals surface area contributed by atoms with E-state index in [0.717, 1.165) is 34.1 Å². The number of anilines is 2. The third kappa shape index (κ3) is 3.11. The first kappa shape index (κ1) is 14.9. The molecule has 0 fully saturated rings. The summed E-state index contributed by atoms with van der Waals surface area (Å²) in [5, 5.41) is 3.52. The van der Waals surface area contributed by atoms with Gasteiger partial charge in [0.2, 0.25) is 0 Å². The highest BCUT2D eigenvalue weighted by molar-refractivity contribution is 9.11. The Morgan fingerprint density at radius 3 is 2.57 bits per heavy atom. The van der Waals surface area contributed by atoms with Crippen molar-refractivity contribution in [1.29, 1.82) is 0 Å². The minimum atomic E-state index is 0.831. The molecule has 1 heterocycles. The number of halogens is 2. The minimum absolute atomic E-state index is 0.831. The van der Waals surface area contributed by atoms with E-state index in [1.54, 1.807) is 0 Å². The molecule has 0 saturated heterocycles. The number of likely N-dealkylation sites (N-methyl/N-ethyl adjacent to an activating group) is 1.